The second-order valence-electron chi connectivity index (χ2n) is 4.91. The fourth-order valence-electron chi connectivity index (χ4n) is 2.16. The topological polar surface area (TPSA) is 46.9 Å². The van der Waals surface area contributed by atoms with E-state index in [1.807, 2.05) is 31.5 Å². The number of nitrogens with zero attached hydrogens (tertiary/aromatic N) is 2. The van der Waals surface area contributed by atoms with Crippen molar-refractivity contribution in [1.29, 1.82) is 0 Å². The van der Waals surface area contributed by atoms with E-state index in [0.717, 1.165) is 11.4 Å². The highest BCUT2D eigenvalue weighted by Crippen LogP contribution is 2.15. The third-order valence-corrected chi connectivity index (χ3v) is 3.47. The first-order chi connectivity index (χ1) is 9.49. The molecule has 106 valence electrons. The fraction of sp³-hybridized carbons (Fsp3) is 0.333. The third-order valence-electron chi connectivity index (χ3n) is 3.14. The number of carbonyl (C=O) groups excluding carboxylic acids is 1. The standard InChI is InChI=1S/C15H18ClN3O/c1-10-8-11(2)19(18-10)12(3)9-17-15(20)13-6-4-5-7-14(13)16/h4-8,12H,9H2,1-3H3,(H,17,20)/t12-/m1/s1. The van der Waals surface area contributed by atoms with Gasteiger partial charge in [-0.05, 0) is 39.0 Å². The van der Waals surface area contributed by atoms with Crippen LogP contribution < -0.4 is 5.32 Å². The molecule has 1 amide bonds. The van der Waals surface area contributed by atoms with Gasteiger partial charge in [-0.3, -0.25) is 9.48 Å². The monoisotopic (exact) mass is 291 g/mol. The van der Waals surface area contributed by atoms with Gasteiger partial charge in [-0.25, -0.2) is 0 Å². The number of benzene rings is 1. The summed E-state index contributed by atoms with van der Waals surface area (Å²) in [5.74, 6) is -0.163. The zero-order valence-corrected chi connectivity index (χ0v) is 12.6. The van der Waals surface area contributed by atoms with E-state index in [0.29, 0.717) is 17.1 Å². The number of carbonyl (C=O) groups is 1. The predicted molar refractivity (Wildman–Crippen MR) is 80.2 cm³/mol. The molecular weight excluding hydrogens is 274 g/mol. The van der Waals surface area contributed by atoms with Gasteiger partial charge in [0.25, 0.3) is 5.91 Å². The van der Waals surface area contributed by atoms with Gasteiger partial charge in [0.05, 0.1) is 22.3 Å². The Bertz CT molecular complexity index is 621. The molecule has 0 aliphatic rings. The van der Waals surface area contributed by atoms with Crippen molar-refractivity contribution in [3.63, 3.8) is 0 Å². The van der Waals surface area contributed by atoms with Crippen LogP contribution in [0.15, 0.2) is 30.3 Å². The van der Waals surface area contributed by atoms with Gasteiger partial charge < -0.3 is 5.32 Å². The SMILES string of the molecule is Cc1cc(C)n([C@H](C)CNC(=O)c2ccccc2Cl)n1. The van der Waals surface area contributed by atoms with E-state index in [4.69, 9.17) is 11.6 Å². The summed E-state index contributed by atoms with van der Waals surface area (Å²) in [6, 6.07) is 9.14. The summed E-state index contributed by atoms with van der Waals surface area (Å²) in [4.78, 5) is 12.1. The molecule has 0 saturated carbocycles. The predicted octanol–water partition coefficient (Wildman–Crippen LogP) is 3.14. The van der Waals surface area contributed by atoms with E-state index in [1.54, 1.807) is 24.3 Å². The second kappa shape index (κ2) is 6.09. The maximum absolute atomic E-state index is 12.1. The molecule has 1 atom stereocenters. The van der Waals surface area contributed by atoms with Crippen LogP contribution >= 0.6 is 11.6 Å². The molecule has 20 heavy (non-hydrogen) atoms. The van der Waals surface area contributed by atoms with E-state index >= 15 is 0 Å². The molecule has 0 aliphatic heterocycles. The largest absolute Gasteiger partial charge is 0.350 e. The maximum atomic E-state index is 12.1. The van der Waals surface area contributed by atoms with Crippen LogP contribution in [-0.4, -0.2) is 22.2 Å². The third kappa shape index (κ3) is 3.20. The lowest BCUT2D eigenvalue weighted by atomic mass is 10.2. The normalized spacial score (nSPS) is 12.2. The number of nitrogens with one attached hydrogen (secondary N) is 1. The molecule has 0 fully saturated rings. The molecule has 0 unspecified atom stereocenters. The number of aromatic nitrogens is 2. The summed E-state index contributed by atoms with van der Waals surface area (Å²) in [6.45, 7) is 6.49. The maximum Gasteiger partial charge on any atom is 0.252 e. The van der Waals surface area contributed by atoms with Crippen molar-refractivity contribution in [2.24, 2.45) is 0 Å². The van der Waals surface area contributed by atoms with Gasteiger partial charge in [-0.1, -0.05) is 23.7 Å². The average Bonchev–Trinajstić information content (AvgIpc) is 2.75. The first-order valence-corrected chi connectivity index (χ1v) is 6.92. The lowest BCUT2D eigenvalue weighted by Gasteiger charge is -2.15. The Labute approximate surface area is 123 Å². The molecule has 5 heteroatoms. The van der Waals surface area contributed by atoms with Crippen LogP contribution in [0, 0.1) is 13.8 Å². The molecule has 1 heterocycles. The fourth-order valence-corrected chi connectivity index (χ4v) is 2.38. The molecule has 0 aliphatic carbocycles. The van der Waals surface area contributed by atoms with Crippen LogP contribution in [0.2, 0.25) is 5.02 Å². The number of hydrogen-bond donors (Lipinski definition) is 1. The van der Waals surface area contributed by atoms with Crippen LogP contribution in [0.5, 0.6) is 0 Å². The lowest BCUT2D eigenvalue weighted by Crippen LogP contribution is -2.30. The van der Waals surface area contributed by atoms with Gasteiger partial charge in [0.1, 0.15) is 0 Å². The summed E-state index contributed by atoms with van der Waals surface area (Å²) >= 11 is 6.00. The van der Waals surface area contributed by atoms with Crippen LogP contribution in [-0.2, 0) is 0 Å². The number of halogens is 1. The molecule has 2 rings (SSSR count). The first kappa shape index (κ1) is 14.6. The molecule has 1 aromatic carbocycles. The summed E-state index contributed by atoms with van der Waals surface area (Å²) < 4.78 is 1.92. The van der Waals surface area contributed by atoms with E-state index in [1.165, 1.54) is 0 Å². The van der Waals surface area contributed by atoms with Gasteiger partial charge in [0.15, 0.2) is 0 Å². The lowest BCUT2D eigenvalue weighted by molar-refractivity contribution is 0.0948. The van der Waals surface area contributed by atoms with Gasteiger partial charge in [0.2, 0.25) is 0 Å². The molecular formula is C15H18ClN3O. The molecule has 0 bridgehead atoms. The Balaban J connectivity index is 2.00. The van der Waals surface area contributed by atoms with E-state index in [2.05, 4.69) is 10.4 Å². The summed E-state index contributed by atoms with van der Waals surface area (Å²) in [6.07, 6.45) is 0. The molecule has 0 radical (unpaired) electrons. The molecule has 1 aromatic heterocycles. The Morgan fingerprint density at radius 1 is 1.40 bits per heavy atom. The quantitative estimate of drug-likeness (QED) is 0.941. The second-order valence-corrected chi connectivity index (χ2v) is 5.32. The molecule has 1 N–H and O–H groups in total. The number of aryl methyl sites for hydroxylation is 2. The Morgan fingerprint density at radius 2 is 2.10 bits per heavy atom. The molecule has 0 saturated heterocycles. The van der Waals surface area contributed by atoms with Crippen molar-refractivity contribution >= 4 is 17.5 Å². The van der Waals surface area contributed by atoms with Crippen molar-refractivity contribution in [2.75, 3.05) is 6.54 Å². The summed E-state index contributed by atoms with van der Waals surface area (Å²) in [7, 11) is 0. The Morgan fingerprint density at radius 3 is 2.70 bits per heavy atom. The molecule has 2 aromatic rings. The minimum absolute atomic E-state index is 0.0927. The molecule has 4 nitrogen and oxygen atoms in total. The highest BCUT2D eigenvalue weighted by molar-refractivity contribution is 6.33. The van der Waals surface area contributed by atoms with Crippen LogP contribution in [0.25, 0.3) is 0 Å². The highest BCUT2D eigenvalue weighted by Gasteiger charge is 2.13. The number of hydrogen-bond acceptors (Lipinski definition) is 2. The zero-order valence-electron chi connectivity index (χ0n) is 11.9. The van der Waals surface area contributed by atoms with E-state index in [-0.39, 0.29) is 11.9 Å². The Hall–Kier alpha value is -1.81. The number of rotatable bonds is 4. The van der Waals surface area contributed by atoms with Crippen molar-refractivity contribution in [3.8, 4) is 0 Å². The van der Waals surface area contributed by atoms with Crippen LogP contribution in [0.3, 0.4) is 0 Å². The van der Waals surface area contributed by atoms with Crippen molar-refractivity contribution < 1.29 is 4.79 Å². The summed E-state index contributed by atoms with van der Waals surface area (Å²) in [5.41, 5.74) is 2.56. The highest BCUT2D eigenvalue weighted by atomic mass is 35.5. The zero-order chi connectivity index (χ0) is 14.7. The first-order valence-electron chi connectivity index (χ1n) is 6.54. The van der Waals surface area contributed by atoms with Crippen molar-refractivity contribution in [2.45, 2.75) is 26.8 Å². The van der Waals surface area contributed by atoms with Crippen LogP contribution in [0.1, 0.15) is 34.7 Å². The minimum Gasteiger partial charge on any atom is -0.350 e. The smallest absolute Gasteiger partial charge is 0.252 e. The number of amides is 1. The van der Waals surface area contributed by atoms with Gasteiger partial charge in [-0.15, -0.1) is 0 Å². The van der Waals surface area contributed by atoms with Crippen molar-refractivity contribution in [3.05, 3.63) is 52.3 Å². The van der Waals surface area contributed by atoms with Gasteiger partial charge in [0, 0.05) is 12.2 Å². The van der Waals surface area contributed by atoms with Crippen molar-refractivity contribution in [1.82, 2.24) is 15.1 Å². The van der Waals surface area contributed by atoms with Gasteiger partial charge >= 0.3 is 0 Å². The van der Waals surface area contributed by atoms with Crippen LogP contribution in [0.4, 0.5) is 0 Å². The average molecular weight is 292 g/mol. The summed E-state index contributed by atoms with van der Waals surface area (Å²) in [5, 5.41) is 7.77. The Kier molecular flexibility index (Phi) is 4.45. The molecule has 0 spiro atoms. The van der Waals surface area contributed by atoms with E-state index < -0.39 is 0 Å². The van der Waals surface area contributed by atoms with E-state index in [9.17, 15) is 4.79 Å². The minimum atomic E-state index is -0.163. The van der Waals surface area contributed by atoms with Gasteiger partial charge in [-0.2, -0.15) is 5.10 Å².